The number of nitrogens with zero attached hydrogens (tertiary/aromatic N) is 4. The van der Waals surface area contributed by atoms with Crippen molar-refractivity contribution in [2.75, 3.05) is 19.6 Å². The highest BCUT2D eigenvalue weighted by atomic mass is 16.4. The van der Waals surface area contributed by atoms with Gasteiger partial charge in [-0.3, -0.25) is 9.69 Å². The molecular weight excluding hydrogens is 306 g/mol. The monoisotopic (exact) mass is 329 g/mol. The molecule has 1 fully saturated rings. The molecule has 0 amide bonds. The Balaban J connectivity index is 1.76. The summed E-state index contributed by atoms with van der Waals surface area (Å²) in [6, 6.07) is 3.92. The number of benzene rings is 1. The van der Waals surface area contributed by atoms with Gasteiger partial charge in [0.1, 0.15) is 18.7 Å². The maximum atomic E-state index is 11.2. The van der Waals surface area contributed by atoms with Crippen LogP contribution in [0.3, 0.4) is 0 Å². The summed E-state index contributed by atoms with van der Waals surface area (Å²) >= 11 is 0. The van der Waals surface area contributed by atoms with E-state index < -0.39 is 12.0 Å². The average molecular weight is 329 g/mol. The SMILES string of the molecule is Cc1cc(C)c(Cn2cncn2)cc1CN1CCNC(C(=O)O)C1. The van der Waals surface area contributed by atoms with E-state index in [0.29, 0.717) is 19.6 Å². The fourth-order valence-corrected chi connectivity index (χ4v) is 3.14. The molecule has 3 rings (SSSR count). The largest absolute Gasteiger partial charge is 0.480 e. The number of aryl methyl sites for hydroxylation is 2. The zero-order valence-electron chi connectivity index (χ0n) is 14.1. The number of piperazine rings is 1. The van der Waals surface area contributed by atoms with Gasteiger partial charge in [-0.1, -0.05) is 12.1 Å². The van der Waals surface area contributed by atoms with Crippen LogP contribution in [0.25, 0.3) is 0 Å². The lowest BCUT2D eigenvalue weighted by molar-refractivity contribution is -0.140. The molecule has 1 aliphatic rings. The molecular formula is C17H23N5O2. The van der Waals surface area contributed by atoms with E-state index in [1.807, 2.05) is 4.68 Å². The van der Waals surface area contributed by atoms with Crippen LogP contribution >= 0.6 is 0 Å². The molecule has 1 aromatic carbocycles. The van der Waals surface area contributed by atoms with Gasteiger partial charge in [0, 0.05) is 26.2 Å². The molecule has 1 unspecified atom stereocenters. The van der Waals surface area contributed by atoms with Crippen molar-refractivity contribution >= 4 is 5.97 Å². The van der Waals surface area contributed by atoms with Crippen molar-refractivity contribution in [1.29, 1.82) is 0 Å². The molecule has 0 spiro atoms. The Labute approximate surface area is 141 Å². The van der Waals surface area contributed by atoms with Crippen molar-refractivity contribution in [2.24, 2.45) is 0 Å². The van der Waals surface area contributed by atoms with Crippen molar-refractivity contribution in [1.82, 2.24) is 25.0 Å². The minimum atomic E-state index is -0.785. The third kappa shape index (κ3) is 3.80. The number of carbonyl (C=O) groups is 1. The number of hydrogen-bond donors (Lipinski definition) is 2. The van der Waals surface area contributed by atoms with E-state index in [2.05, 4.69) is 46.3 Å². The summed E-state index contributed by atoms with van der Waals surface area (Å²) in [6.45, 7) is 7.76. The Morgan fingerprint density at radius 3 is 2.71 bits per heavy atom. The third-order valence-corrected chi connectivity index (χ3v) is 4.55. The number of rotatable bonds is 5. The summed E-state index contributed by atoms with van der Waals surface area (Å²) in [5.41, 5.74) is 4.92. The normalized spacial score (nSPS) is 18.7. The quantitative estimate of drug-likeness (QED) is 0.844. The predicted molar refractivity (Wildman–Crippen MR) is 89.7 cm³/mol. The van der Waals surface area contributed by atoms with Crippen molar-refractivity contribution < 1.29 is 9.90 Å². The fraction of sp³-hybridized carbons (Fsp3) is 0.471. The molecule has 2 N–H and O–H groups in total. The summed E-state index contributed by atoms with van der Waals surface area (Å²) in [4.78, 5) is 17.4. The molecule has 7 heteroatoms. The van der Waals surface area contributed by atoms with Crippen LogP contribution in [0.15, 0.2) is 24.8 Å². The lowest BCUT2D eigenvalue weighted by Gasteiger charge is -2.32. The Bertz CT molecular complexity index is 714. The second kappa shape index (κ2) is 7.11. The van der Waals surface area contributed by atoms with Gasteiger partial charge in [-0.05, 0) is 36.1 Å². The molecule has 2 heterocycles. The first-order valence-electron chi connectivity index (χ1n) is 8.13. The van der Waals surface area contributed by atoms with Gasteiger partial charge < -0.3 is 10.4 Å². The number of carboxylic acid groups (broad SMARTS) is 1. The van der Waals surface area contributed by atoms with Gasteiger partial charge in [0.2, 0.25) is 0 Å². The molecule has 0 saturated carbocycles. The molecule has 0 radical (unpaired) electrons. The van der Waals surface area contributed by atoms with Crippen molar-refractivity contribution in [3.63, 3.8) is 0 Å². The Kier molecular flexibility index (Phi) is 4.92. The maximum absolute atomic E-state index is 11.2. The van der Waals surface area contributed by atoms with Crippen LogP contribution in [0, 0.1) is 13.8 Å². The summed E-state index contributed by atoms with van der Waals surface area (Å²) in [7, 11) is 0. The first-order chi connectivity index (χ1) is 11.5. The third-order valence-electron chi connectivity index (χ3n) is 4.55. The number of hydrogen-bond acceptors (Lipinski definition) is 5. The maximum Gasteiger partial charge on any atom is 0.322 e. The van der Waals surface area contributed by atoms with Gasteiger partial charge in [-0.15, -0.1) is 0 Å². The first-order valence-corrected chi connectivity index (χ1v) is 8.13. The topological polar surface area (TPSA) is 83.3 Å². The summed E-state index contributed by atoms with van der Waals surface area (Å²) in [5, 5.41) is 16.4. The zero-order chi connectivity index (χ0) is 17.1. The van der Waals surface area contributed by atoms with E-state index in [0.717, 1.165) is 13.1 Å². The smallest absolute Gasteiger partial charge is 0.322 e. The Hall–Kier alpha value is -2.25. The van der Waals surface area contributed by atoms with E-state index >= 15 is 0 Å². The van der Waals surface area contributed by atoms with E-state index in [1.54, 1.807) is 6.33 Å². The van der Waals surface area contributed by atoms with E-state index in [4.69, 9.17) is 0 Å². The lowest BCUT2D eigenvalue weighted by atomic mass is 9.99. The average Bonchev–Trinajstić information content (AvgIpc) is 3.05. The van der Waals surface area contributed by atoms with Crippen LogP contribution in [0.4, 0.5) is 0 Å². The van der Waals surface area contributed by atoms with Crippen LogP contribution in [0.5, 0.6) is 0 Å². The van der Waals surface area contributed by atoms with Crippen LogP contribution in [0.2, 0.25) is 0 Å². The van der Waals surface area contributed by atoms with E-state index in [9.17, 15) is 9.90 Å². The molecule has 24 heavy (non-hydrogen) atoms. The summed E-state index contributed by atoms with van der Waals surface area (Å²) in [6.07, 6.45) is 3.25. The predicted octanol–water partition coefficient (Wildman–Crippen LogP) is 0.802. The summed E-state index contributed by atoms with van der Waals surface area (Å²) in [5.74, 6) is -0.785. The van der Waals surface area contributed by atoms with Crippen molar-refractivity contribution in [2.45, 2.75) is 33.0 Å². The Morgan fingerprint density at radius 2 is 2.04 bits per heavy atom. The highest BCUT2D eigenvalue weighted by Crippen LogP contribution is 2.19. The van der Waals surface area contributed by atoms with Gasteiger partial charge in [0.05, 0.1) is 6.54 Å². The van der Waals surface area contributed by atoms with Gasteiger partial charge in [-0.2, -0.15) is 5.10 Å². The number of aliphatic carboxylic acids is 1. The highest BCUT2D eigenvalue weighted by Gasteiger charge is 2.25. The zero-order valence-corrected chi connectivity index (χ0v) is 14.1. The first kappa shape index (κ1) is 16.6. The van der Waals surface area contributed by atoms with Gasteiger partial charge in [0.25, 0.3) is 0 Å². The fourth-order valence-electron chi connectivity index (χ4n) is 3.14. The minimum absolute atomic E-state index is 0.487. The van der Waals surface area contributed by atoms with Crippen LogP contribution in [0.1, 0.15) is 22.3 Å². The minimum Gasteiger partial charge on any atom is -0.480 e. The van der Waals surface area contributed by atoms with Crippen molar-refractivity contribution in [3.8, 4) is 0 Å². The van der Waals surface area contributed by atoms with Gasteiger partial charge >= 0.3 is 5.97 Å². The lowest BCUT2D eigenvalue weighted by Crippen LogP contribution is -2.53. The van der Waals surface area contributed by atoms with Crippen LogP contribution < -0.4 is 5.32 Å². The number of nitrogens with one attached hydrogen (secondary N) is 1. The molecule has 128 valence electrons. The molecule has 7 nitrogen and oxygen atoms in total. The Morgan fingerprint density at radius 1 is 1.29 bits per heavy atom. The van der Waals surface area contributed by atoms with Crippen LogP contribution in [-0.4, -0.2) is 56.4 Å². The van der Waals surface area contributed by atoms with E-state index in [-0.39, 0.29) is 0 Å². The second-order valence-corrected chi connectivity index (χ2v) is 6.38. The standard InChI is InChI=1S/C17H23N5O2/c1-12-5-13(2)15(8-22-11-18-10-20-22)6-14(12)7-21-4-3-19-16(9-21)17(23)24/h5-6,10-11,16,19H,3-4,7-9H2,1-2H3,(H,23,24). The van der Waals surface area contributed by atoms with Crippen LogP contribution in [-0.2, 0) is 17.9 Å². The molecule has 1 atom stereocenters. The van der Waals surface area contributed by atoms with Gasteiger partial charge in [0.15, 0.2) is 0 Å². The molecule has 1 aliphatic heterocycles. The van der Waals surface area contributed by atoms with E-state index in [1.165, 1.54) is 28.6 Å². The highest BCUT2D eigenvalue weighted by molar-refractivity contribution is 5.73. The second-order valence-electron chi connectivity index (χ2n) is 6.38. The number of carboxylic acids is 1. The van der Waals surface area contributed by atoms with Crippen molar-refractivity contribution in [3.05, 3.63) is 47.0 Å². The van der Waals surface area contributed by atoms with Gasteiger partial charge in [-0.25, -0.2) is 9.67 Å². The molecule has 1 saturated heterocycles. The molecule has 2 aromatic rings. The molecule has 0 aliphatic carbocycles. The summed E-state index contributed by atoms with van der Waals surface area (Å²) < 4.78 is 1.81. The number of aromatic nitrogens is 3. The molecule has 0 bridgehead atoms. The molecule has 1 aromatic heterocycles.